The highest BCUT2D eigenvalue weighted by Gasteiger charge is 2.11. The quantitative estimate of drug-likeness (QED) is 0.417. The van der Waals surface area contributed by atoms with E-state index in [2.05, 4.69) is 68.2 Å². The number of aryl methyl sites for hydroxylation is 3. The number of nitrogens with zero attached hydrogens (tertiary/aromatic N) is 1. The lowest BCUT2D eigenvalue weighted by atomic mass is 10.0. The van der Waals surface area contributed by atoms with Crippen LogP contribution in [0.5, 0.6) is 11.6 Å². The van der Waals surface area contributed by atoms with Crippen molar-refractivity contribution in [2.45, 2.75) is 20.8 Å². The van der Waals surface area contributed by atoms with Gasteiger partial charge in [-0.15, -0.1) is 0 Å². The molecule has 0 saturated heterocycles. The number of aromatic nitrogens is 1. The van der Waals surface area contributed by atoms with Gasteiger partial charge in [-0.05, 0) is 65.8 Å². The van der Waals surface area contributed by atoms with Crippen LogP contribution in [0.25, 0.3) is 21.5 Å². The average molecular weight is 313 g/mol. The maximum Gasteiger partial charge on any atom is 0.227 e. The molecule has 4 aromatic rings. The first kappa shape index (κ1) is 14.7. The second kappa shape index (κ2) is 5.64. The molecule has 0 unspecified atom stereocenters. The van der Waals surface area contributed by atoms with Crippen molar-refractivity contribution in [2.24, 2.45) is 0 Å². The fourth-order valence-corrected chi connectivity index (χ4v) is 3.30. The summed E-state index contributed by atoms with van der Waals surface area (Å²) in [6.45, 7) is 6.25. The number of fused-ring (bicyclic) bond motifs is 3. The Labute approximate surface area is 141 Å². The molecule has 0 fully saturated rings. The smallest absolute Gasteiger partial charge is 0.227 e. The molecule has 0 bridgehead atoms. The molecule has 0 aliphatic carbocycles. The number of rotatable bonds is 2. The standard InChI is InChI=1S/C22H19NO/c1-14-10-15(2)12-18(11-14)24-22-21-19(16(3)13-23-22)9-8-17-6-4-5-7-20(17)21/h4-13H,1-3H3. The van der Waals surface area contributed by atoms with Gasteiger partial charge in [0.1, 0.15) is 5.75 Å². The van der Waals surface area contributed by atoms with E-state index in [0.29, 0.717) is 5.88 Å². The molecule has 2 nitrogen and oxygen atoms in total. The van der Waals surface area contributed by atoms with Gasteiger partial charge >= 0.3 is 0 Å². The predicted molar refractivity (Wildman–Crippen MR) is 100.0 cm³/mol. The third-order valence-electron chi connectivity index (χ3n) is 4.35. The summed E-state index contributed by atoms with van der Waals surface area (Å²) in [6.07, 6.45) is 1.88. The van der Waals surface area contributed by atoms with Crippen LogP contribution >= 0.6 is 0 Å². The minimum atomic E-state index is 0.664. The van der Waals surface area contributed by atoms with Crippen LogP contribution in [0.1, 0.15) is 16.7 Å². The third kappa shape index (κ3) is 2.50. The van der Waals surface area contributed by atoms with E-state index in [9.17, 15) is 0 Å². The lowest BCUT2D eigenvalue weighted by molar-refractivity contribution is 0.468. The van der Waals surface area contributed by atoms with E-state index < -0.39 is 0 Å². The summed E-state index contributed by atoms with van der Waals surface area (Å²) in [5.41, 5.74) is 3.53. The molecule has 24 heavy (non-hydrogen) atoms. The van der Waals surface area contributed by atoms with Crippen molar-refractivity contribution in [3.8, 4) is 11.6 Å². The van der Waals surface area contributed by atoms with Gasteiger partial charge in [0.05, 0.1) is 5.39 Å². The molecule has 0 aliphatic rings. The van der Waals surface area contributed by atoms with Crippen LogP contribution in [-0.4, -0.2) is 4.98 Å². The zero-order valence-electron chi connectivity index (χ0n) is 14.1. The van der Waals surface area contributed by atoms with Gasteiger partial charge in [0.2, 0.25) is 5.88 Å². The van der Waals surface area contributed by atoms with Crippen LogP contribution in [0.2, 0.25) is 0 Å². The summed E-state index contributed by atoms with van der Waals surface area (Å²) >= 11 is 0. The van der Waals surface area contributed by atoms with Crippen LogP contribution in [0.15, 0.2) is 60.8 Å². The highest BCUT2D eigenvalue weighted by Crippen LogP contribution is 2.35. The van der Waals surface area contributed by atoms with Crippen molar-refractivity contribution in [2.75, 3.05) is 0 Å². The number of benzene rings is 3. The Kier molecular flexibility index (Phi) is 3.46. The molecular weight excluding hydrogens is 294 g/mol. The maximum absolute atomic E-state index is 6.21. The molecule has 3 aromatic carbocycles. The Morgan fingerprint density at radius 1 is 0.792 bits per heavy atom. The second-order valence-corrected chi connectivity index (χ2v) is 6.38. The van der Waals surface area contributed by atoms with Crippen LogP contribution in [0, 0.1) is 20.8 Å². The minimum absolute atomic E-state index is 0.664. The van der Waals surface area contributed by atoms with Crippen molar-refractivity contribution >= 4 is 21.5 Å². The molecule has 0 saturated carbocycles. The summed E-state index contributed by atoms with van der Waals surface area (Å²) in [4.78, 5) is 4.59. The Balaban J connectivity index is 1.98. The first-order chi connectivity index (χ1) is 11.6. The Hall–Kier alpha value is -2.87. The molecule has 0 aliphatic heterocycles. The van der Waals surface area contributed by atoms with Crippen LogP contribution in [-0.2, 0) is 0 Å². The van der Waals surface area contributed by atoms with Crippen LogP contribution in [0.3, 0.4) is 0 Å². The van der Waals surface area contributed by atoms with E-state index in [4.69, 9.17) is 4.74 Å². The fourth-order valence-electron chi connectivity index (χ4n) is 3.30. The summed E-state index contributed by atoms with van der Waals surface area (Å²) in [5.74, 6) is 1.50. The number of pyridine rings is 1. The van der Waals surface area contributed by atoms with Crippen LogP contribution in [0.4, 0.5) is 0 Å². The van der Waals surface area contributed by atoms with Gasteiger partial charge in [-0.1, -0.05) is 42.5 Å². The van der Waals surface area contributed by atoms with E-state index in [-0.39, 0.29) is 0 Å². The van der Waals surface area contributed by atoms with E-state index in [1.165, 1.54) is 27.3 Å². The van der Waals surface area contributed by atoms with E-state index in [0.717, 1.165) is 16.7 Å². The molecule has 0 atom stereocenters. The fraction of sp³-hybridized carbons (Fsp3) is 0.136. The van der Waals surface area contributed by atoms with Crippen molar-refractivity contribution in [3.63, 3.8) is 0 Å². The maximum atomic E-state index is 6.21. The van der Waals surface area contributed by atoms with Gasteiger partial charge < -0.3 is 4.74 Å². The van der Waals surface area contributed by atoms with Gasteiger partial charge in [-0.2, -0.15) is 0 Å². The minimum Gasteiger partial charge on any atom is -0.438 e. The SMILES string of the molecule is Cc1cc(C)cc(Oc2ncc(C)c3ccc4ccccc4c23)c1. The summed E-state index contributed by atoms with van der Waals surface area (Å²) in [7, 11) is 0. The van der Waals surface area contributed by atoms with Crippen molar-refractivity contribution < 1.29 is 4.74 Å². The average Bonchev–Trinajstić information content (AvgIpc) is 2.56. The molecule has 0 N–H and O–H groups in total. The molecule has 0 radical (unpaired) electrons. The molecule has 4 rings (SSSR count). The zero-order valence-corrected chi connectivity index (χ0v) is 14.1. The van der Waals surface area contributed by atoms with Gasteiger partial charge in [0, 0.05) is 6.20 Å². The Morgan fingerprint density at radius 3 is 2.33 bits per heavy atom. The highest BCUT2D eigenvalue weighted by atomic mass is 16.5. The largest absolute Gasteiger partial charge is 0.438 e. The molecule has 1 heterocycles. The summed E-state index contributed by atoms with van der Waals surface area (Å²) in [5, 5.41) is 4.63. The van der Waals surface area contributed by atoms with E-state index in [1.54, 1.807) is 0 Å². The van der Waals surface area contributed by atoms with E-state index in [1.807, 2.05) is 18.3 Å². The lowest BCUT2D eigenvalue weighted by Gasteiger charge is -2.13. The van der Waals surface area contributed by atoms with Gasteiger partial charge in [0.25, 0.3) is 0 Å². The van der Waals surface area contributed by atoms with Crippen LogP contribution < -0.4 is 4.74 Å². The van der Waals surface area contributed by atoms with Gasteiger partial charge in [-0.25, -0.2) is 4.98 Å². The predicted octanol–water partition coefficient (Wildman–Crippen LogP) is 6.11. The zero-order chi connectivity index (χ0) is 16.7. The first-order valence-corrected chi connectivity index (χ1v) is 8.15. The summed E-state index contributed by atoms with van der Waals surface area (Å²) in [6, 6.07) is 18.9. The molecular formula is C22H19NO. The number of ether oxygens (including phenoxy) is 1. The van der Waals surface area contributed by atoms with Gasteiger partial charge in [-0.3, -0.25) is 0 Å². The molecule has 118 valence electrons. The Bertz CT molecular complexity index is 1050. The third-order valence-corrected chi connectivity index (χ3v) is 4.35. The second-order valence-electron chi connectivity index (χ2n) is 6.38. The normalized spacial score (nSPS) is 11.1. The summed E-state index contributed by atoms with van der Waals surface area (Å²) < 4.78 is 6.21. The topological polar surface area (TPSA) is 22.1 Å². The lowest BCUT2D eigenvalue weighted by Crippen LogP contribution is -1.93. The van der Waals surface area contributed by atoms with E-state index >= 15 is 0 Å². The highest BCUT2D eigenvalue weighted by molar-refractivity contribution is 6.10. The molecule has 2 heteroatoms. The molecule has 1 aromatic heterocycles. The number of hydrogen-bond donors (Lipinski definition) is 0. The van der Waals surface area contributed by atoms with Crippen molar-refractivity contribution in [1.82, 2.24) is 4.98 Å². The molecule has 0 amide bonds. The molecule has 0 spiro atoms. The Morgan fingerprint density at radius 2 is 1.54 bits per heavy atom. The monoisotopic (exact) mass is 313 g/mol. The first-order valence-electron chi connectivity index (χ1n) is 8.15. The van der Waals surface area contributed by atoms with Crippen molar-refractivity contribution in [1.29, 1.82) is 0 Å². The number of hydrogen-bond acceptors (Lipinski definition) is 2. The van der Waals surface area contributed by atoms with Gasteiger partial charge in [0.15, 0.2) is 0 Å². The van der Waals surface area contributed by atoms with Crippen molar-refractivity contribution in [3.05, 3.63) is 77.5 Å².